The molecule has 1 heterocycles. The Labute approximate surface area is 447 Å². The van der Waals surface area contributed by atoms with Crippen LogP contribution in [0.4, 0.5) is 17.1 Å². The highest BCUT2D eigenvalue weighted by atomic mass is 15.1. The van der Waals surface area contributed by atoms with Crippen molar-refractivity contribution in [1.82, 2.24) is 4.57 Å². The van der Waals surface area contributed by atoms with Gasteiger partial charge in [-0.15, -0.1) is 0 Å². The van der Waals surface area contributed by atoms with E-state index in [1.165, 1.54) is 127 Å². The van der Waals surface area contributed by atoms with Gasteiger partial charge in [0.2, 0.25) is 0 Å². The second-order valence-electron chi connectivity index (χ2n) is 20.8. The van der Waals surface area contributed by atoms with E-state index in [0.717, 1.165) is 17.1 Å². The summed E-state index contributed by atoms with van der Waals surface area (Å²) in [5, 5.41) is 7.39. The summed E-state index contributed by atoms with van der Waals surface area (Å²) in [5.74, 6) is 0. The third-order valence-corrected chi connectivity index (χ3v) is 16.8. The van der Waals surface area contributed by atoms with Crippen molar-refractivity contribution in [3.63, 3.8) is 0 Å². The van der Waals surface area contributed by atoms with Crippen LogP contribution in [-0.2, 0) is 5.41 Å². The molecule has 0 aliphatic heterocycles. The van der Waals surface area contributed by atoms with Gasteiger partial charge in [-0.3, -0.25) is 0 Å². The quantitative estimate of drug-likeness (QED) is 0.154. The zero-order valence-corrected chi connectivity index (χ0v) is 42.1. The third kappa shape index (κ3) is 6.56. The summed E-state index contributed by atoms with van der Waals surface area (Å²) in [6, 6.07) is 108. The van der Waals surface area contributed by atoms with Gasteiger partial charge in [0.25, 0.3) is 0 Å². The molecule has 0 saturated carbocycles. The number of fused-ring (bicyclic) bond motifs is 15. The molecular weight excluding hydrogens is 929 g/mol. The minimum atomic E-state index is -0.448. The van der Waals surface area contributed by atoms with E-state index >= 15 is 0 Å². The highest BCUT2D eigenvalue weighted by Gasteiger charge is 2.51. The molecule has 2 aliphatic rings. The molecule has 0 fully saturated rings. The first-order chi connectivity index (χ1) is 38.2. The smallest absolute Gasteiger partial charge is 0.0726 e. The van der Waals surface area contributed by atoms with Gasteiger partial charge in [-0.25, -0.2) is 0 Å². The van der Waals surface area contributed by atoms with Gasteiger partial charge in [0, 0.05) is 33.2 Å². The average Bonchev–Trinajstić information content (AvgIpc) is 4.33. The molecule has 0 radical (unpaired) electrons. The topological polar surface area (TPSA) is 8.17 Å². The Kier molecular flexibility index (Phi) is 9.58. The van der Waals surface area contributed by atoms with Crippen LogP contribution in [0.15, 0.2) is 291 Å². The van der Waals surface area contributed by atoms with Gasteiger partial charge in [-0.1, -0.05) is 224 Å². The summed E-state index contributed by atoms with van der Waals surface area (Å²) in [6.07, 6.45) is 0. The van der Waals surface area contributed by atoms with Crippen LogP contribution in [0.5, 0.6) is 0 Å². The van der Waals surface area contributed by atoms with Crippen LogP contribution >= 0.6 is 0 Å². The van der Waals surface area contributed by atoms with Crippen LogP contribution in [0, 0.1) is 0 Å². The molecule has 0 bridgehead atoms. The third-order valence-electron chi connectivity index (χ3n) is 16.8. The Bertz CT molecular complexity index is 4610. The summed E-state index contributed by atoms with van der Waals surface area (Å²) >= 11 is 0. The van der Waals surface area contributed by atoms with E-state index in [1.807, 2.05) is 0 Å². The van der Waals surface area contributed by atoms with Crippen LogP contribution < -0.4 is 4.90 Å². The molecule has 2 nitrogen and oxygen atoms in total. The second kappa shape index (κ2) is 17.0. The van der Waals surface area contributed by atoms with Crippen LogP contribution in [0.25, 0.3) is 105 Å². The summed E-state index contributed by atoms with van der Waals surface area (Å²) in [7, 11) is 0. The number of anilines is 3. The molecule has 0 amide bonds. The maximum Gasteiger partial charge on any atom is 0.0726 e. The van der Waals surface area contributed by atoms with Crippen molar-refractivity contribution in [2.75, 3.05) is 4.90 Å². The number of aromatic nitrogens is 1. The maximum absolute atomic E-state index is 2.49. The van der Waals surface area contributed by atoms with Gasteiger partial charge < -0.3 is 9.47 Å². The fraction of sp³-hybridized carbons (Fsp3) is 0.0133. The van der Waals surface area contributed by atoms with Gasteiger partial charge in [0.1, 0.15) is 0 Å². The zero-order valence-electron chi connectivity index (χ0n) is 42.1. The monoisotopic (exact) mass is 976 g/mol. The molecule has 2 aliphatic carbocycles. The lowest BCUT2D eigenvalue weighted by molar-refractivity contribution is 0.793. The van der Waals surface area contributed by atoms with Gasteiger partial charge in [0.15, 0.2) is 0 Å². The minimum Gasteiger partial charge on any atom is -0.310 e. The van der Waals surface area contributed by atoms with Crippen LogP contribution in [0.2, 0.25) is 0 Å². The lowest BCUT2D eigenvalue weighted by atomic mass is 9.70. The SMILES string of the molecule is c1ccc(-c2ccc3cc(N(c4ccc(-c5ccc(-c6ccc7c(c6)c6ccccc6n7-c6cccc7ccccc67)cc5)cc4)c4ccc5c(c4)C4(c6ccccc6-c6ccccc64)c4ccccc4-5)ccc3c2)cc1. The Balaban J connectivity index is 0.792. The van der Waals surface area contributed by atoms with Crippen molar-refractivity contribution in [2.45, 2.75) is 5.41 Å². The predicted molar refractivity (Wildman–Crippen MR) is 323 cm³/mol. The fourth-order valence-electron chi connectivity index (χ4n) is 13.3. The van der Waals surface area contributed by atoms with Gasteiger partial charge >= 0.3 is 0 Å². The van der Waals surface area contributed by atoms with E-state index < -0.39 is 5.41 Å². The second-order valence-corrected chi connectivity index (χ2v) is 20.8. The van der Waals surface area contributed by atoms with Crippen molar-refractivity contribution in [3.05, 3.63) is 313 Å². The summed E-state index contributed by atoms with van der Waals surface area (Å²) < 4.78 is 2.43. The van der Waals surface area contributed by atoms with Gasteiger partial charge in [0.05, 0.1) is 22.1 Å². The normalized spacial score (nSPS) is 12.8. The maximum atomic E-state index is 2.49. The largest absolute Gasteiger partial charge is 0.310 e. The van der Waals surface area contributed by atoms with Gasteiger partial charge in [-0.05, 0) is 161 Å². The molecule has 1 aromatic heterocycles. The Morgan fingerprint density at radius 3 is 1.44 bits per heavy atom. The first-order valence-electron chi connectivity index (χ1n) is 26.7. The van der Waals surface area contributed by atoms with E-state index in [0.29, 0.717) is 0 Å². The van der Waals surface area contributed by atoms with E-state index in [9.17, 15) is 0 Å². The molecule has 2 heteroatoms. The molecule has 0 atom stereocenters. The van der Waals surface area contributed by atoms with E-state index in [2.05, 4.69) is 301 Å². The Hall–Kier alpha value is -10.0. The molecule has 14 aromatic rings. The molecule has 77 heavy (non-hydrogen) atoms. The lowest BCUT2D eigenvalue weighted by Crippen LogP contribution is -2.26. The molecule has 0 unspecified atom stereocenters. The fourth-order valence-corrected chi connectivity index (χ4v) is 13.3. The minimum absolute atomic E-state index is 0.448. The number of hydrogen-bond donors (Lipinski definition) is 0. The summed E-state index contributed by atoms with van der Waals surface area (Å²) in [5.41, 5.74) is 24.2. The molecule has 16 rings (SSSR count). The van der Waals surface area contributed by atoms with Crippen molar-refractivity contribution in [3.8, 4) is 61.3 Å². The van der Waals surface area contributed by atoms with Gasteiger partial charge in [-0.2, -0.15) is 0 Å². The molecule has 0 saturated heterocycles. The molecule has 13 aromatic carbocycles. The van der Waals surface area contributed by atoms with E-state index in [-0.39, 0.29) is 0 Å². The highest BCUT2D eigenvalue weighted by molar-refractivity contribution is 6.12. The van der Waals surface area contributed by atoms with Crippen LogP contribution in [-0.4, -0.2) is 4.57 Å². The van der Waals surface area contributed by atoms with Crippen molar-refractivity contribution in [2.24, 2.45) is 0 Å². The molecule has 358 valence electrons. The number of nitrogens with zero attached hydrogens (tertiary/aromatic N) is 2. The first kappa shape index (κ1) is 43.4. The van der Waals surface area contributed by atoms with Crippen LogP contribution in [0.1, 0.15) is 22.3 Å². The van der Waals surface area contributed by atoms with Crippen molar-refractivity contribution >= 4 is 60.4 Å². The zero-order chi connectivity index (χ0) is 50.6. The molecule has 1 spiro atoms. The van der Waals surface area contributed by atoms with Crippen molar-refractivity contribution in [1.29, 1.82) is 0 Å². The van der Waals surface area contributed by atoms with E-state index in [4.69, 9.17) is 0 Å². The first-order valence-corrected chi connectivity index (χ1v) is 26.7. The summed E-state index contributed by atoms with van der Waals surface area (Å²) in [4.78, 5) is 2.45. The Morgan fingerprint density at radius 2 is 0.714 bits per heavy atom. The molecular formula is C75H48N2. The Morgan fingerprint density at radius 1 is 0.247 bits per heavy atom. The van der Waals surface area contributed by atoms with E-state index in [1.54, 1.807) is 0 Å². The summed E-state index contributed by atoms with van der Waals surface area (Å²) in [6.45, 7) is 0. The van der Waals surface area contributed by atoms with Crippen molar-refractivity contribution < 1.29 is 0 Å². The van der Waals surface area contributed by atoms with Crippen LogP contribution in [0.3, 0.4) is 0 Å². The number of rotatable bonds is 7. The number of benzene rings is 13. The molecule has 0 N–H and O–H groups in total. The number of para-hydroxylation sites is 1. The number of hydrogen-bond acceptors (Lipinski definition) is 1. The predicted octanol–water partition coefficient (Wildman–Crippen LogP) is 19.9. The standard InChI is InChI=1S/C75H48N2/c1-2-15-49(16-3-1)54-33-34-56-46-59(41-37-55(56)45-54)76(60-42-43-65-64-22-8-12-26-70(64)75(71(65)48-60)68-24-10-6-20-62(68)63-21-7-11-25-69(63)75)58-39-35-51(36-40-58)50-29-31-52(32-30-50)57-38-44-74-67(47-57)66-23-9-13-27-73(66)77(74)72-28-14-18-53-17-4-5-19-61(53)72/h1-48H. The highest BCUT2D eigenvalue weighted by Crippen LogP contribution is 2.63. The average molecular weight is 977 g/mol. The lowest BCUT2D eigenvalue weighted by Gasteiger charge is -2.32.